The van der Waals surface area contributed by atoms with E-state index in [1.807, 2.05) is 85.2 Å². The molecule has 238 valence electrons. The van der Waals surface area contributed by atoms with Crippen LogP contribution in [0.2, 0.25) is 0 Å². The number of furan rings is 1. The summed E-state index contributed by atoms with van der Waals surface area (Å²) >= 11 is 0. The molecule has 51 heavy (non-hydrogen) atoms. The van der Waals surface area contributed by atoms with E-state index in [1.54, 1.807) is 0 Å². The van der Waals surface area contributed by atoms with Crippen LogP contribution in [0, 0.1) is 0 Å². The van der Waals surface area contributed by atoms with Crippen molar-refractivity contribution in [1.29, 1.82) is 0 Å². The first kappa shape index (κ1) is 29.0. The zero-order valence-corrected chi connectivity index (χ0v) is 27.4. The summed E-state index contributed by atoms with van der Waals surface area (Å²) in [6.07, 6.45) is 3.74. The van der Waals surface area contributed by atoms with Crippen LogP contribution >= 0.6 is 0 Å². The van der Waals surface area contributed by atoms with Gasteiger partial charge >= 0.3 is 0 Å². The van der Waals surface area contributed by atoms with Crippen molar-refractivity contribution in [3.05, 3.63) is 170 Å². The van der Waals surface area contributed by atoms with Crippen LogP contribution in [-0.2, 0) is 0 Å². The molecule has 0 radical (unpaired) electrons. The Bertz CT molecular complexity index is 2840. The molecule has 0 amide bonds. The van der Waals surface area contributed by atoms with Crippen LogP contribution < -0.4 is 0 Å². The normalized spacial score (nSPS) is 11.5. The fraction of sp³-hybridized carbons (Fsp3) is 0. The molecule has 5 nitrogen and oxygen atoms in total. The molecule has 0 saturated carbocycles. The highest BCUT2D eigenvalue weighted by Gasteiger charge is 2.20. The van der Waals surface area contributed by atoms with Gasteiger partial charge in [0.15, 0.2) is 17.5 Å². The SMILES string of the molecule is c1ccc(-c2cc(-c3ccc(-c4nc(-c5ccccc5)nc(-c5ccccc5)n4)c4ccccc34)c3c(c2)oc2cc4ccncc4cc23)cc1. The van der Waals surface area contributed by atoms with Crippen LogP contribution in [0.15, 0.2) is 175 Å². The summed E-state index contributed by atoms with van der Waals surface area (Å²) in [7, 11) is 0. The number of hydrogen-bond donors (Lipinski definition) is 0. The van der Waals surface area contributed by atoms with Gasteiger partial charge in [-0.25, -0.2) is 15.0 Å². The third kappa shape index (κ3) is 5.03. The van der Waals surface area contributed by atoms with Crippen LogP contribution in [0.5, 0.6) is 0 Å². The molecule has 0 fully saturated rings. The Morgan fingerprint density at radius 2 is 0.961 bits per heavy atom. The largest absolute Gasteiger partial charge is 0.456 e. The monoisotopic (exact) mass is 652 g/mol. The first-order valence-electron chi connectivity index (χ1n) is 17.0. The van der Waals surface area contributed by atoms with Crippen molar-refractivity contribution in [3.63, 3.8) is 0 Å². The summed E-state index contributed by atoms with van der Waals surface area (Å²) in [5, 5.41) is 6.46. The van der Waals surface area contributed by atoms with Gasteiger partial charge in [0.05, 0.1) is 0 Å². The van der Waals surface area contributed by atoms with Gasteiger partial charge < -0.3 is 4.42 Å². The number of fused-ring (bicyclic) bond motifs is 5. The fourth-order valence-corrected chi connectivity index (χ4v) is 7.15. The van der Waals surface area contributed by atoms with Crippen LogP contribution in [-0.4, -0.2) is 19.9 Å². The molecular weight excluding hydrogens is 625 g/mol. The Morgan fingerprint density at radius 1 is 0.373 bits per heavy atom. The number of nitrogens with zero attached hydrogens (tertiary/aromatic N) is 4. The highest BCUT2D eigenvalue weighted by Crippen LogP contribution is 2.44. The summed E-state index contributed by atoms with van der Waals surface area (Å²) in [6.45, 7) is 0. The minimum atomic E-state index is 0.626. The van der Waals surface area contributed by atoms with Gasteiger partial charge in [-0.05, 0) is 74.8 Å². The van der Waals surface area contributed by atoms with E-state index in [0.29, 0.717) is 17.5 Å². The van der Waals surface area contributed by atoms with E-state index in [9.17, 15) is 0 Å². The quantitative estimate of drug-likeness (QED) is 0.185. The van der Waals surface area contributed by atoms with Crippen LogP contribution in [0.1, 0.15) is 0 Å². The minimum absolute atomic E-state index is 0.626. The predicted octanol–water partition coefficient (Wildman–Crippen LogP) is 11.8. The van der Waals surface area contributed by atoms with Gasteiger partial charge in [-0.15, -0.1) is 0 Å². The molecule has 10 aromatic rings. The Hall–Kier alpha value is -6.98. The van der Waals surface area contributed by atoms with Gasteiger partial charge in [0, 0.05) is 45.2 Å². The van der Waals surface area contributed by atoms with Crippen molar-refractivity contribution >= 4 is 43.5 Å². The van der Waals surface area contributed by atoms with Gasteiger partial charge in [0.1, 0.15) is 11.2 Å². The fourth-order valence-electron chi connectivity index (χ4n) is 7.15. The molecule has 0 atom stereocenters. The molecule has 0 aliphatic rings. The molecule has 10 rings (SSSR count). The first-order valence-corrected chi connectivity index (χ1v) is 17.0. The van der Waals surface area contributed by atoms with Crippen molar-refractivity contribution in [2.75, 3.05) is 0 Å². The Kier molecular flexibility index (Phi) is 6.74. The maximum absolute atomic E-state index is 6.65. The molecule has 5 heteroatoms. The lowest BCUT2D eigenvalue weighted by atomic mass is 9.90. The van der Waals surface area contributed by atoms with E-state index in [2.05, 4.69) is 89.9 Å². The second-order valence-electron chi connectivity index (χ2n) is 12.7. The van der Waals surface area contributed by atoms with Crippen LogP contribution in [0.3, 0.4) is 0 Å². The smallest absolute Gasteiger partial charge is 0.164 e. The van der Waals surface area contributed by atoms with E-state index >= 15 is 0 Å². The van der Waals surface area contributed by atoms with Gasteiger partial charge in [0.25, 0.3) is 0 Å². The van der Waals surface area contributed by atoms with Crippen molar-refractivity contribution in [2.24, 2.45) is 0 Å². The van der Waals surface area contributed by atoms with Gasteiger partial charge in [-0.1, -0.05) is 121 Å². The highest BCUT2D eigenvalue weighted by atomic mass is 16.3. The Labute approximate surface area is 293 Å². The summed E-state index contributed by atoms with van der Waals surface area (Å²) < 4.78 is 6.65. The van der Waals surface area contributed by atoms with Crippen molar-refractivity contribution in [1.82, 2.24) is 19.9 Å². The van der Waals surface area contributed by atoms with Crippen LogP contribution in [0.4, 0.5) is 0 Å². The van der Waals surface area contributed by atoms with E-state index in [1.165, 1.54) is 0 Å². The topological polar surface area (TPSA) is 64.7 Å². The van der Waals surface area contributed by atoms with E-state index in [0.717, 1.165) is 82.4 Å². The lowest BCUT2D eigenvalue weighted by Gasteiger charge is -2.15. The highest BCUT2D eigenvalue weighted by molar-refractivity contribution is 6.19. The van der Waals surface area contributed by atoms with Crippen molar-refractivity contribution < 1.29 is 4.42 Å². The van der Waals surface area contributed by atoms with E-state index in [-0.39, 0.29) is 0 Å². The van der Waals surface area contributed by atoms with Crippen molar-refractivity contribution in [3.8, 4) is 56.4 Å². The minimum Gasteiger partial charge on any atom is -0.456 e. The molecule has 0 aliphatic heterocycles. The zero-order valence-electron chi connectivity index (χ0n) is 27.4. The molecule has 0 unspecified atom stereocenters. The predicted molar refractivity (Wildman–Crippen MR) is 207 cm³/mol. The van der Waals surface area contributed by atoms with E-state index < -0.39 is 0 Å². The molecule has 0 bridgehead atoms. The second-order valence-corrected chi connectivity index (χ2v) is 12.7. The lowest BCUT2D eigenvalue weighted by Crippen LogP contribution is -2.00. The van der Waals surface area contributed by atoms with Gasteiger partial charge in [-0.2, -0.15) is 0 Å². The standard InChI is InChI=1S/C46H28N4O/c1-4-12-29(13-5-1)33-24-39(43-40-25-34-28-47-23-22-32(34)26-41(40)51-42(43)27-33)37-20-21-38(36-19-11-10-18-35(36)37)46-49-44(30-14-6-2-7-15-30)48-45(50-46)31-16-8-3-9-17-31/h1-28H. The number of hydrogen-bond acceptors (Lipinski definition) is 5. The molecular formula is C46H28N4O. The molecule has 0 spiro atoms. The maximum atomic E-state index is 6.65. The molecule has 3 aromatic heterocycles. The number of aromatic nitrogens is 4. The molecule has 7 aromatic carbocycles. The van der Waals surface area contributed by atoms with E-state index in [4.69, 9.17) is 19.4 Å². The summed E-state index contributed by atoms with van der Waals surface area (Å²) in [6, 6.07) is 54.3. The second kappa shape index (κ2) is 11.9. The first-order chi connectivity index (χ1) is 25.3. The lowest BCUT2D eigenvalue weighted by molar-refractivity contribution is 0.669. The summed E-state index contributed by atoms with van der Waals surface area (Å²) in [5.41, 5.74) is 8.93. The zero-order chi connectivity index (χ0) is 33.7. The Balaban J connectivity index is 1.24. The average molecular weight is 653 g/mol. The number of pyridine rings is 1. The summed E-state index contributed by atoms with van der Waals surface area (Å²) in [5.74, 6) is 1.90. The van der Waals surface area contributed by atoms with Crippen molar-refractivity contribution in [2.45, 2.75) is 0 Å². The Morgan fingerprint density at radius 3 is 1.65 bits per heavy atom. The number of rotatable bonds is 5. The third-order valence-corrected chi connectivity index (χ3v) is 9.59. The van der Waals surface area contributed by atoms with Crippen LogP contribution in [0.25, 0.3) is 99.9 Å². The molecule has 0 saturated heterocycles. The number of benzene rings is 7. The summed E-state index contributed by atoms with van der Waals surface area (Å²) in [4.78, 5) is 19.5. The molecule has 0 aliphatic carbocycles. The molecule has 3 heterocycles. The van der Waals surface area contributed by atoms with Gasteiger partial charge in [0.2, 0.25) is 0 Å². The average Bonchev–Trinajstić information content (AvgIpc) is 3.57. The maximum Gasteiger partial charge on any atom is 0.164 e. The molecule has 0 N–H and O–H groups in total. The third-order valence-electron chi connectivity index (χ3n) is 9.59. The van der Waals surface area contributed by atoms with Gasteiger partial charge in [-0.3, -0.25) is 4.98 Å².